The number of aromatic nitrogens is 2. The van der Waals surface area contributed by atoms with Gasteiger partial charge in [0.15, 0.2) is 0 Å². The first-order chi connectivity index (χ1) is 12.1. The highest BCUT2D eigenvalue weighted by Gasteiger charge is 2.26. The Morgan fingerprint density at radius 1 is 1.36 bits per heavy atom. The number of esters is 1. The SMILES string of the molecule is CCOC(=O)C1CCN(Cn2nc(-c3ccccc3C)oc2=S)CC1. The maximum atomic E-state index is 11.8. The summed E-state index contributed by atoms with van der Waals surface area (Å²) in [5.41, 5.74) is 2.05. The second-order valence-electron chi connectivity index (χ2n) is 6.27. The maximum Gasteiger partial charge on any atom is 0.309 e. The van der Waals surface area contributed by atoms with Crippen LogP contribution in [0.2, 0.25) is 0 Å². The molecule has 25 heavy (non-hydrogen) atoms. The fraction of sp³-hybridized carbons (Fsp3) is 0.500. The third-order valence-electron chi connectivity index (χ3n) is 4.52. The van der Waals surface area contributed by atoms with E-state index in [1.54, 1.807) is 4.68 Å². The topological polar surface area (TPSA) is 60.5 Å². The number of hydrogen-bond donors (Lipinski definition) is 0. The number of nitrogens with zero attached hydrogens (tertiary/aromatic N) is 3. The highest BCUT2D eigenvalue weighted by Crippen LogP contribution is 2.23. The van der Waals surface area contributed by atoms with Gasteiger partial charge in [-0.3, -0.25) is 9.69 Å². The van der Waals surface area contributed by atoms with E-state index in [1.807, 2.05) is 38.1 Å². The van der Waals surface area contributed by atoms with Crippen molar-refractivity contribution in [2.24, 2.45) is 5.92 Å². The summed E-state index contributed by atoms with van der Waals surface area (Å²) in [7, 11) is 0. The molecule has 1 aliphatic heterocycles. The zero-order valence-electron chi connectivity index (χ0n) is 14.6. The second-order valence-corrected chi connectivity index (χ2v) is 6.62. The van der Waals surface area contributed by atoms with E-state index in [4.69, 9.17) is 21.4 Å². The number of aryl methyl sites for hydroxylation is 1. The average Bonchev–Trinajstić information content (AvgIpc) is 2.96. The maximum absolute atomic E-state index is 11.8. The molecule has 0 aliphatic carbocycles. The molecule has 2 aromatic rings. The van der Waals surface area contributed by atoms with E-state index in [0.717, 1.165) is 37.1 Å². The minimum Gasteiger partial charge on any atom is -0.466 e. The number of piperidine rings is 1. The van der Waals surface area contributed by atoms with Crippen molar-refractivity contribution >= 4 is 18.2 Å². The lowest BCUT2D eigenvalue weighted by Gasteiger charge is -2.30. The van der Waals surface area contributed by atoms with Gasteiger partial charge in [0.2, 0.25) is 5.89 Å². The third-order valence-corrected chi connectivity index (χ3v) is 4.82. The highest BCUT2D eigenvalue weighted by atomic mass is 32.1. The smallest absolute Gasteiger partial charge is 0.309 e. The molecule has 2 heterocycles. The number of rotatable bonds is 5. The largest absolute Gasteiger partial charge is 0.466 e. The standard InChI is InChI=1S/C18H23N3O3S/c1-3-23-17(22)14-8-10-20(11-9-14)12-21-18(25)24-16(19-21)15-7-5-4-6-13(15)2/h4-7,14H,3,8-12H2,1-2H3. The van der Waals surface area contributed by atoms with Gasteiger partial charge in [-0.05, 0) is 50.5 Å². The van der Waals surface area contributed by atoms with E-state index in [9.17, 15) is 4.79 Å². The lowest BCUT2D eigenvalue weighted by molar-refractivity contribution is -0.149. The summed E-state index contributed by atoms with van der Waals surface area (Å²) in [6, 6.07) is 7.94. The summed E-state index contributed by atoms with van der Waals surface area (Å²) in [5, 5.41) is 4.53. The molecule has 1 aromatic carbocycles. The van der Waals surface area contributed by atoms with Crippen LogP contribution < -0.4 is 0 Å². The predicted octanol–water partition coefficient (Wildman–Crippen LogP) is 3.41. The molecule has 134 valence electrons. The first kappa shape index (κ1) is 17.8. The molecule has 1 fully saturated rings. The fourth-order valence-corrected chi connectivity index (χ4v) is 3.25. The van der Waals surface area contributed by atoms with E-state index < -0.39 is 0 Å². The van der Waals surface area contributed by atoms with Crippen molar-refractivity contribution in [2.45, 2.75) is 33.4 Å². The average molecular weight is 361 g/mol. The Hall–Kier alpha value is -1.99. The number of hydrogen-bond acceptors (Lipinski definition) is 6. The Morgan fingerprint density at radius 3 is 2.76 bits per heavy atom. The van der Waals surface area contributed by atoms with Gasteiger partial charge in [0.1, 0.15) is 0 Å². The summed E-state index contributed by atoms with van der Waals surface area (Å²) < 4.78 is 12.5. The summed E-state index contributed by atoms with van der Waals surface area (Å²) in [4.78, 5) is 14.4. The minimum atomic E-state index is -0.0814. The third kappa shape index (κ3) is 4.16. The van der Waals surface area contributed by atoms with Crippen LogP contribution in [0.25, 0.3) is 11.5 Å². The van der Waals surface area contributed by atoms with Crippen LogP contribution in [0, 0.1) is 17.7 Å². The van der Waals surface area contributed by atoms with Crippen LogP contribution in [-0.2, 0) is 16.2 Å². The van der Waals surface area contributed by atoms with Crippen LogP contribution in [0.5, 0.6) is 0 Å². The van der Waals surface area contributed by atoms with Crippen molar-refractivity contribution in [3.05, 3.63) is 34.7 Å². The van der Waals surface area contributed by atoms with Crippen LogP contribution in [0.1, 0.15) is 25.3 Å². The molecule has 0 spiro atoms. The van der Waals surface area contributed by atoms with Crippen molar-refractivity contribution < 1.29 is 13.9 Å². The zero-order chi connectivity index (χ0) is 17.8. The van der Waals surface area contributed by atoms with Crippen molar-refractivity contribution in [1.82, 2.24) is 14.7 Å². The molecule has 0 bridgehead atoms. The molecule has 0 N–H and O–H groups in total. The molecule has 0 amide bonds. The fourth-order valence-electron chi connectivity index (χ4n) is 3.08. The van der Waals surface area contributed by atoms with Crippen molar-refractivity contribution in [2.75, 3.05) is 19.7 Å². The molecule has 6 nitrogen and oxygen atoms in total. The lowest BCUT2D eigenvalue weighted by atomic mass is 9.97. The molecule has 1 aliphatic rings. The Morgan fingerprint density at radius 2 is 2.08 bits per heavy atom. The monoisotopic (exact) mass is 361 g/mol. The quantitative estimate of drug-likeness (QED) is 0.601. The van der Waals surface area contributed by atoms with Crippen molar-refractivity contribution in [1.29, 1.82) is 0 Å². The molecular weight excluding hydrogens is 338 g/mol. The molecule has 0 unspecified atom stereocenters. The van der Waals surface area contributed by atoms with Gasteiger partial charge in [-0.25, -0.2) is 4.68 Å². The normalized spacial score (nSPS) is 16.1. The Labute approximate surface area is 152 Å². The summed E-state index contributed by atoms with van der Waals surface area (Å²) in [6.45, 7) is 6.51. The van der Waals surface area contributed by atoms with Gasteiger partial charge in [-0.1, -0.05) is 18.2 Å². The van der Waals surface area contributed by atoms with Crippen LogP contribution in [0.4, 0.5) is 0 Å². The number of benzene rings is 1. The van der Waals surface area contributed by atoms with Crippen molar-refractivity contribution in [3.8, 4) is 11.5 Å². The lowest BCUT2D eigenvalue weighted by Crippen LogP contribution is -2.38. The van der Waals surface area contributed by atoms with Crippen LogP contribution in [-0.4, -0.2) is 40.3 Å². The molecule has 0 radical (unpaired) electrons. The Bertz CT molecular complexity index is 791. The number of carbonyl (C=O) groups excluding carboxylic acids is 1. The second kappa shape index (κ2) is 7.93. The van der Waals surface area contributed by atoms with E-state index >= 15 is 0 Å². The minimum absolute atomic E-state index is 0.00371. The van der Waals surface area contributed by atoms with E-state index in [2.05, 4.69) is 10.00 Å². The number of carbonyl (C=O) groups is 1. The molecule has 3 rings (SSSR count). The van der Waals surface area contributed by atoms with Gasteiger partial charge < -0.3 is 9.15 Å². The Kier molecular flexibility index (Phi) is 5.65. The van der Waals surface area contributed by atoms with E-state index in [-0.39, 0.29) is 11.9 Å². The molecule has 1 aromatic heterocycles. The summed E-state index contributed by atoms with van der Waals surface area (Å²) in [5.74, 6) is 0.468. The van der Waals surface area contributed by atoms with Gasteiger partial charge in [-0.2, -0.15) is 0 Å². The molecule has 0 saturated carbocycles. The van der Waals surface area contributed by atoms with Gasteiger partial charge in [0.25, 0.3) is 4.84 Å². The highest BCUT2D eigenvalue weighted by molar-refractivity contribution is 7.71. The van der Waals surface area contributed by atoms with Gasteiger partial charge >= 0.3 is 5.97 Å². The van der Waals surface area contributed by atoms with Crippen molar-refractivity contribution in [3.63, 3.8) is 0 Å². The van der Waals surface area contributed by atoms with E-state index in [1.165, 1.54) is 0 Å². The Balaban J connectivity index is 1.64. The van der Waals surface area contributed by atoms with Crippen LogP contribution in [0.3, 0.4) is 0 Å². The van der Waals surface area contributed by atoms with Gasteiger partial charge in [0, 0.05) is 18.7 Å². The number of ether oxygens (including phenoxy) is 1. The summed E-state index contributed by atoms with van der Waals surface area (Å²) >= 11 is 5.32. The zero-order valence-corrected chi connectivity index (χ0v) is 15.4. The number of likely N-dealkylation sites (tertiary alicyclic amines) is 1. The van der Waals surface area contributed by atoms with E-state index in [0.29, 0.717) is 24.0 Å². The predicted molar refractivity (Wildman–Crippen MR) is 96.4 cm³/mol. The summed E-state index contributed by atoms with van der Waals surface area (Å²) in [6.07, 6.45) is 1.60. The molecule has 7 heteroatoms. The molecular formula is C18H23N3O3S. The molecule has 0 atom stereocenters. The van der Waals surface area contributed by atoms with Gasteiger partial charge in [-0.15, -0.1) is 5.10 Å². The molecule has 1 saturated heterocycles. The first-order valence-electron chi connectivity index (χ1n) is 8.61. The van der Waals surface area contributed by atoms with Gasteiger partial charge in [0.05, 0.1) is 19.2 Å². The first-order valence-corrected chi connectivity index (χ1v) is 9.02. The van der Waals surface area contributed by atoms with Crippen LogP contribution >= 0.6 is 12.2 Å². The van der Waals surface area contributed by atoms with Crippen LogP contribution in [0.15, 0.2) is 28.7 Å².